The highest BCUT2D eigenvalue weighted by atomic mass is 16.5. The summed E-state index contributed by atoms with van der Waals surface area (Å²) in [7, 11) is 3.17. The zero-order valence-electron chi connectivity index (χ0n) is 12.5. The maximum atomic E-state index is 12.9. The van der Waals surface area contributed by atoms with Crippen LogP contribution in [0.5, 0.6) is 11.5 Å². The summed E-state index contributed by atoms with van der Waals surface area (Å²) in [4.78, 5) is 17.5. The van der Waals surface area contributed by atoms with E-state index in [9.17, 15) is 4.79 Å². The van der Waals surface area contributed by atoms with E-state index in [-0.39, 0.29) is 5.78 Å². The summed E-state index contributed by atoms with van der Waals surface area (Å²) in [6.45, 7) is 0.744. The molecule has 110 valence electrons. The Morgan fingerprint density at radius 3 is 2.45 bits per heavy atom. The molecule has 0 bridgehead atoms. The number of ketones is 1. The van der Waals surface area contributed by atoms with Crippen LogP contribution < -0.4 is 9.47 Å². The Balaban J connectivity index is 2.04. The Morgan fingerprint density at radius 1 is 1.00 bits per heavy atom. The van der Waals surface area contributed by atoms with Gasteiger partial charge in [0, 0.05) is 28.8 Å². The molecule has 0 spiro atoms. The molecule has 0 radical (unpaired) electrons. The smallest absolute Gasteiger partial charge is 0.194 e. The Labute approximate surface area is 128 Å². The Hall–Kier alpha value is -2.62. The molecule has 0 aromatic heterocycles. The third-order valence-corrected chi connectivity index (χ3v) is 4.31. The van der Waals surface area contributed by atoms with Crippen molar-refractivity contribution in [3.8, 4) is 11.5 Å². The molecule has 0 fully saturated rings. The summed E-state index contributed by atoms with van der Waals surface area (Å²) in [6.07, 6.45) is 0.878. The second-order valence-electron chi connectivity index (χ2n) is 5.40. The van der Waals surface area contributed by atoms with E-state index in [1.165, 1.54) is 5.56 Å². The monoisotopic (exact) mass is 293 g/mol. The number of aliphatic imine (C=N–C) groups is 1. The lowest BCUT2D eigenvalue weighted by Gasteiger charge is -2.26. The van der Waals surface area contributed by atoms with Gasteiger partial charge >= 0.3 is 0 Å². The summed E-state index contributed by atoms with van der Waals surface area (Å²) in [5.74, 6) is 1.20. The minimum atomic E-state index is 0.0219. The van der Waals surface area contributed by atoms with Gasteiger partial charge in [0.1, 0.15) is 0 Å². The van der Waals surface area contributed by atoms with Gasteiger partial charge in [-0.2, -0.15) is 0 Å². The van der Waals surface area contributed by atoms with Crippen LogP contribution >= 0.6 is 0 Å². The van der Waals surface area contributed by atoms with Gasteiger partial charge in [0.2, 0.25) is 0 Å². The van der Waals surface area contributed by atoms with E-state index in [2.05, 4.69) is 11.1 Å². The highest BCUT2D eigenvalue weighted by molar-refractivity contribution is 6.31. The molecular weight excluding hydrogens is 278 g/mol. The van der Waals surface area contributed by atoms with Crippen LogP contribution in [0.3, 0.4) is 0 Å². The SMILES string of the molecule is COc1cc2c(cc1OC)C1=NCCc3cccc(c31)C2=O. The van der Waals surface area contributed by atoms with Gasteiger partial charge in [-0.05, 0) is 24.1 Å². The third-order valence-electron chi connectivity index (χ3n) is 4.31. The molecule has 0 N–H and O–H groups in total. The normalized spacial score (nSPS) is 14.8. The first-order valence-electron chi connectivity index (χ1n) is 7.22. The molecule has 1 aliphatic heterocycles. The second kappa shape index (κ2) is 4.70. The van der Waals surface area contributed by atoms with Gasteiger partial charge in [-0.3, -0.25) is 9.79 Å². The standard InChI is InChI=1S/C18H15NO3/c1-21-14-8-12-13(9-15(14)22-2)18(20)11-5-3-4-10-6-7-19-17(12)16(10)11/h3-5,8-9H,6-7H2,1-2H3. The minimum Gasteiger partial charge on any atom is -0.493 e. The molecule has 2 aromatic carbocycles. The Morgan fingerprint density at radius 2 is 1.73 bits per heavy atom. The largest absolute Gasteiger partial charge is 0.493 e. The number of methoxy groups -OCH3 is 2. The molecule has 4 nitrogen and oxygen atoms in total. The van der Waals surface area contributed by atoms with E-state index in [4.69, 9.17) is 9.47 Å². The first-order valence-corrected chi connectivity index (χ1v) is 7.22. The van der Waals surface area contributed by atoms with Gasteiger partial charge in [-0.1, -0.05) is 18.2 Å². The molecule has 4 heteroatoms. The van der Waals surface area contributed by atoms with Crippen LogP contribution in [0.2, 0.25) is 0 Å². The summed E-state index contributed by atoms with van der Waals surface area (Å²) in [5.41, 5.74) is 5.27. The molecule has 22 heavy (non-hydrogen) atoms. The number of nitrogens with zero attached hydrogens (tertiary/aromatic N) is 1. The highest BCUT2D eigenvalue weighted by Gasteiger charge is 2.32. The number of hydrogen-bond acceptors (Lipinski definition) is 4. The van der Waals surface area contributed by atoms with E-state index >= 15 is 0 Å². The molecule has 0 amide bonds. The second-order valence-corrected chi connectivity index (χ2v) is 5.40. The lowest BCUT2D eigenvalue weighted by Crippen LogP contribution is -2.26. The van der Waals surface area contributed by atoms with Crippen LogP contribution in [0, 0.1) is 0 Å². The zero-order chi connectivity index (χ0) is 15.3. The average Bonchev–Trinajstić information content (AvgIpc) is 2.58. The van der Waals surface area contributed by atoms with E-state index in [0.29, 0.717) is 17.1 Å². The lowest BCUT2D eigenvalue weighted by atomic mass is 9.79. The van der Waals surface area contributed by atoms with Crippen LogP contribution in [0.25, 0.3) is 0 Å². The van der Waals surface area contributed by atoms with Crippen molar-refractivity contribution in [3.05, 3.63) is 58.1 Å². The Bertz CT molecular complexity index is 836. The molecular formula is C18H15NO3. The molecule has 1 aliphatic carbocycles. The van der Waals surface area contributed by atoms with Gasteiger partial charge in [-0.25, -0.2) is 0 Å². The average molecular weight is 293 g/mol. The lowest BCUT2D eigenvalue weighted by molar-refractivity contribution is 0.103. The van der Waals surface area contributed by atoms with Crippen LogP contribution in [0.15, 0.2) is 35.3 Å². The molecule has 0 atom stereocenters. The van der Waals surface area contributed by atoms with Crippen molar-refractivity contribution in [3.63, 3.8) is 0 Å². The maximum absolute atomic E-state index is 12.9. The first kappa shape index (κ1) is 13.1. The van der Waals surface area contributed by atoms with E-state index < -0.39 is 0 Å². The summed E-state index contributed by atoms with van der Waals surface area (Å²) in [6, 6.07) is 9.51. The van der Waals surface area contributed by atoms with Gasteiger partial charge in [0.15, 0.2) is 17.3 Å². The molecule has 1 heterocycles. The van der Waals surface area contributed by atoms with Crippen LogP contribution in [0.4, 0.5) is 0 Å². The summed E-state index contributed by atoms with van der Waals surface area (Å²) < 4.78 is 10.7. The molecule has 0 unspecified atom stereocenters. The molecule has 0 saturated carbocycles. The fraction of sp³-hybridized carbons (Fsp3) is 0.222. The van der Waals surface area contributed by atoms with Crippen molar-refractivity contribution < 1.29 is 14.3 Å². The number of carbonyl (C=O) groups excluding carboxylic acids is 1. The number of rotatable bonds is 2. The van der Waals surface area contributed by atoms with Crippen molar-refractivity contribution in [2.75, 3.05) is 20.8 Å². The van der Waals surface area contributed by atoms with Crippen LogP contribution in [-0.4, -0.2) is 32.3 Å². The van der Waals surface area contributed by atoms with Crippen LogP contribution in [-0.2, 0) is 6.42 Å². The van der Waals surface area contributed by atoms with Gasteiger partial charge in [0.25, 0.3) is 0 Å². The first-order chi connectivity index (χ1) is 10.7. The maximum Gasteiger partial charge on any atom is 0.194 e. The molecule has 4 rings (SSSR count). The summed E-state index contributed by atoms with van der Waals surface area (Å²) >= 11 is 0. The fourth-order valence-corrected chi connectivity index (χ4v) is 3.27. The molecule has 2 aromatic rings. The van der Waals surface area contributed by atoms with E-state index in [0.717, 1.165) is 35.4 Å². The third kappa shape index (κ3) is 1.64. The molecule has 0 saturated heterocycles. The predicted molar refractivity (Wildman–Crippen MR) is 83.6 cm³/mol. The molecule has 2 aliphatic rings. The Kier molecular flexibility index (Phi) is 2.79. The fourth-order valence-electron chi connectivity index (χ4n) is 3.27. The quantitative estimate of drug-likeness (QED) is 0.730. The number of carbonyl (C=O) groups is 1. The van der Waals surface area contributed by atoms with Crippen molar-refractivity contribution >= 4 is 11.5 Å². The highest BCUT2D eigenvalue weighted by Crippen LogP contribution is 2.38. The zero-order valence-corrected chi connectivity index (χ0v) is 12.5. The van der Waals surface area contributed by atoms with Crippen molar-refractivity contribution in [1.82, 2.24) is 0 Å². The number of benzene rings is 2. The predicted octanol–water partition coefficient (Wildman–Crippen LogP) is 2.64. The number of ether oxygens (including phenoxy) is 2. The van der Waals surface area contributed by atoms with Gasteiger partial charge in [-0.15, -0.1) is 0 Å². The van der Waals surface area contributed by atoms with Gasteiger partial charge < -0.3 is 9.47 Å². The minimum absolute atomic E-state index is 0.0219. The number of hydrogen-bond donors (Lipinski definition) is 0. The summed E-state index contributed by atoms with van der Waals surface area (Å²) in [5, 5.41) is 0. The topological polar surface area (TPSA) is 47.9 Å². The van der Waals surface area contributed by atoms with Crippen molar-refractivity contribution in [2.24, 2.45) is 4.99 Å². The van der Waals surface area contributed by atoms with Crippen molar-refractivity contribution in [1.29, 1.82) is 0 Å². The van der Waals surface area contributed by atoms with Crippen molar-refractivity contribution in [2.45, 2.75) is 6.42 Å². The number of fused-ring (bicyclic) bond motifs is 2. The van der Waals surface area contributed by atoms with Gasteiger partial charge in [0.05, 0.1) is 19.9 Å². The van der Waals surface area contributed by atoms with Crippen LogP contribution in [0.1, 0.15) is 32.6 Å². The van der Waals surface area contributed by atoms with E-state index in [1.54, 1.807) is 20.3 Å². The van der Waals surface area contributed by atoms with E-state index in [1.807, 2.05) is 18.2 Å².